The molecule has 1 aromatic carbocycles. The molecule has 136 valence electrons. The van der Waals surface area contributed by atoms with Crippen LogP contribution in [0.15, 0.2) is 24.4 Å². The molecule has 2 aromatic rings. The van der Waals surface area contributed by atoms with Gasteiger partial charge in [0.2, 0.25) is 6.79 Å². The minimum Gasteiger partial charge on any atom is -0.481 e. The first-order chi connectivity index (χ1) is 12.5. The molecule has 0 saturated heterocycles. The van der Waals surface area contributed by atoms with E-state index in [0.717, 1.165) is 18.4 Å². The second kappa shape index (κ2) is 6.60. The predicted octanol–water partition coefficient (Wildman–Crippen LogP) is 2.86. The smallest absolute Gasteiger partial charge is 0.308 e. The van der Waals surface area contributed by atoms with Crippen molar-refractivity contribution in [2.24, 2.45) is 5.92 Å². The second-order valence-electron chi connectivity index (χ2n) is 6.53. The maximum atomic E-state index is 12.9. The third-order valence-electron chi connectivity index (χ3n) is 4.48. The highest BCUT2D eigenvalue weighted by atomic mass is 32.1. The van der Waals surface area contributed by atoms with Crippen molar-refractivity contribution in [2.75, 3.05) is 13.3 Å². The number of rotatable bonds is 6. The second-order valence-corrected chi connectivity index (χ2v) is 7.56. The maximum Gasteiger partial charge on any atom is 0.308 e. The molecule has 1 atom stereocenters. The lowest BCUT2D eigenvalue weighted by Gasteiger charge is -2.23. The van der Waals surface area contributed by atoms with E-state index in [1.54, 1.807) is 18.0 Å². The van der Waals surface area contributed by atoms with Crippen molar-refractivity contribution < 1.29 is 24.2 Å². The zero-order chi connectivity index (χ0) is 18.3. The molecule has 1 amide bonds. The van der Waals surface area contributed by atoms with Gasteiger partial charge in [-0.25, -0.2) is 4.98 Å². The number of nitrogens with zero attached hydrogens (tertiary/aromatic N) is 2. The van der Waals surface area contributed by atoms with Crippen LogP contribution in [0.25, 0.3) is 10.6 Å². The van der Waals surface area contributed by atoms with Crippen LogP contribution in [0.2, 0.25) is 0 Å². The molecule has 2 heterocycles. The van der Waals surface area contributed by atoms with Crippen LogP contribution in [0.5, 0.6) is 11.5 Å². The third kappa shape index (κ3) is 3.24. The Bertz CT molecular complexity index is 861. The van der Waals surface area contributed by atoms with Crippen LogP contribution in [0.1, 0.15) is 29.4 Å². The van der Waals surface area contributed by atoms with Crippen molar-refractivity contribution in [1.29, 1.82) is 0 Å². The largest absolute Gasteiger partial charge is 0.481 e. The molecular weight excluding hydrogens is 356 g/mol. The minimum absolute atomic E-state index is 0.139. The molecule has 1 unspecified atom stereocenters. The molecule has 1 aromatic heterocycles. The van der Waals surface area contributed by atoms with E-state index >= 15 is 0 Å². The number of carbonyl (C=O) groups excluding carboxylic acids is 1. The van der Waals surface area contributed by atoms with Gasteiger partial charge in [-0.05, 0) is 31.0 Å². The van der Waals surface area contributed by atoms with Gasteiger partial charge in [0, 0.05) is 18.2 Å². The lowest BCUT2D eigenvalue weighted by atomic mass is 10.1. The Hall–Kier alpha value is -2.61. The molecule has 0 radical (unpaired) electrons. The number of fused-ring (bicyclic) bond motifs is 1. The zero-order valence-electron chi connectivity index (χ0n) is 14.2. The van der Waals surface area contributed by atoms with Gasteiger partial charge in [0.05, 0.1) is 12.1 Å². The van der Waals surface area contributed by atoms with Crippen LogP contribution >= 0.6 is 11.3 Å². The Labute approximate surface area is 154 Å². The SMILES string of the molecule is CC(CN(C(=O)c1cnc(-c2ccc3c(c2)OCO3)s1)C1CC1)C(=O)O. The Morgan fingerprint density at radius 2 is 2.12 bits per heavy atom. The number of carboxylic acid groups (broad SMARTS) is 1. The van der Waals surface area contributed by atoms with Gasteiger partial charge in [0.25, 0.3) is 5.91 Å². The van der Waals surface area contributed by atoms with E-state index in [1.807, 2.05) is 18.2 Å². The van der Waals surface area contributed by atoms with Crippen LogP contribution in [0, 0.1) is 5.92 Å². The average Bonchev–Trinajstić information content (AvgIpc) is 3.16. The highest BCUT2D eigenvalue weighted by molar-refractivity contribution is 7.16. The van der Waals surface area contributed by atoms with Crippen molar-refractivity contribution >= 4 is 23.2 Å². The van der Waals surface area contributed by atoms with Crippen LogP contribution in [-0.2, 0) is 4.79 Å². The minimum atomic E-state index is -0.895. The Morgan fingerprint density at radius 3 is 2.85 bits per heavy atom. The summed E-state index contributed by atoms with van der Waals surface area (Å²) in [5.74, 6) is -0.274. The van der Waals surface area contributed by atoms with Crippen LogP contribution < -0.4 is 9.47 Å². The van der Waals surface area contributed by atoms with E-state index in [2.05, 4.69) is 4.98 Å². The molecule has 0 bridgehead atoms. The molecule has 1 N–H and O–H groups in total. The van der Waals surface area contributed by atoms with E-state index in [1.165, 1.54) is 11.3 Å². The summed E-state index contributed by atoms with van der Waals surface area (Å²) in [6.45, 7) is 2.05. The number of aromatic nitrogens is 1. The fourth-order valence-electron chi connectivity index (χ4n) is 2.83. The van der Waals surface area contributed by atoms with E-state index in [9.17, 15) is 9.59 Å². The van der Waals surface area contributed by atoms with E-state index in [0.29, 0.717) is 21.4 Å². The number of carboxylic acids is 1. The summed E-state index contributed by atoms with van der Waals surface area (Å²) in [7, 11) is 0. The number of hydrogen-bond acceptors (Lipinski definition) is 6. The summed E-state index contributed by atoms with van der Waals surface area (Å²) < 4.78 is 10.7. The number of amides is 1. The summed E-state index contributed by atoms with van der Waals surface area (Å²) in [5.41, 5.74) is 0.857. The molecule has 1 aliphatic heterocycles. The molecule has 1 fully saturated rings. The Balaban J connectivity index is 1.54. The van der Waals surface area contributed by atoms with Gasteiger partial charge in [-0.1, -0.05) is 6.92 Å². The molecular formula is C18H18N2O5S. The van der Waals surface area contributed by atoms with Crippen molar-refractivity contribution in [3.05, 3.63) is 29.3 Å². The average molecular weight is 374 g/mol. The van der Waals surface area contributed by atoms with Crippen LogP contribution in [-0.4, -0.2) is 46.2 Å². The first kappa shape index (κ1) is 16.8. The molecule has 2 aliphatic rings. The summed E-state index contributed by atoms with van der Waals surface area (Å²) in [5, 5.41) is 9.86. The van der Waals surface area contributed by atoms with E-state index in [-0.39, 0.29) is 25.3 Å². The molecule has 1 aliphatic carbocycles. The fourth-order valence-corrected chi connectivity index (χ4v) is 3.70. The van der Waals surface area contributed by atoms with E-state index in [4.69, 9.17) is 14.6 Å². The van der Waals surface area contributed by atoms with Crippen molar-refractivity contribution in [1.82, 2.24) is 9.88 Å². The highest BCUT2D eigenvalue weighted by Crippen LogP contribution is 2.37. The quantitative estimate of drug-likeness (QED) is 0.836. The zero-order valence-corrected chi connectivity index (χ0v) is 15.0. The Morgan fingerprint density at radius 1 is 1.35 bits per heavy atom. The van der Waals surface area contributed by atoms with Gasteiger partial charge < -0.3 is 19.5 Å². The lowest BCUT2D eigenvalue weighted by Crippen LogP contribution is -2.38. The van der Waals surface area contributed by atoms with Gasteiger partial charge in [0.15, 0.2) is 11.5 Å². The van der Waals surface area contributed by atoms with Gasteiger partial charge in [-0.15, -0.1) is 11.3 Å². The monoisotopic (exact) mass is 374 g/mol. The van der Waals surface area contributed by atoms with Gasteiger partial charge in [-0.3, -0.25) is 9.59 Å². The number of ether oxygens (including phenoxy) is 2. The van der Waals surface area contributed by atoms with E-state index < -0.39 is 11.9 Å². The molecule has 0 spiro atoms. The molecule has 26 heavy (non-hydrogen) atoms. The summed E-state index contributed by atoms with van der Waals surface area (Å²) in [4.78, 5) is 30.6. The van der Waals surface area contributed by atoms with Gasteiger partial charge >= 0.3 is 5.97 Å². The predicted molar refractivity (Wildman–Crippen MR) is 94.5 cm³/mol. The topological polar surface area (TPSA) is 89.0 Å². The molecule has 1 saturated carbocycles. The van der Waals surface area contributed by atoms with Crippen molar-refractivity contribution in [2.45, 2.75) is 25.8 Å². The van der Waals surface area contributed by atoms with Crippen LogP contribution in [0.4, 0.5) is 0 Å². The number of aliphatic carboxylic acids is 1. The number of hydrogen-bond donors (Lipinski definition) is 1. The number of carbonyl (C=O) groups is 2. The first-order valence-corrected chi connectivity index (χ1v) is 9.24. The summed E-state index contributed by atoms with van der Waals surface area (Å²) in [6.07, 6.45) is 3.41. The highest BCUT2D eigenvalue weighted by Gasteiger charge is 2.35. The molecule has 7 nitrogen and oxygen atoms in total. The maximum absolute atomic E-state index is 12.9. The number of benzene rings is 1. The number of thiazole rings is 1. The van der Waals surface area contributed by atoms with Gasteiger partial charge in [-0.2, -0.15) is 0 Å². The van der Waals surface area contributed by atoms with Gasteiger partial charge in [0.1, 0.15) is 9.88 Å². The normalized spacial score (nSPS) is 16.3. The summed E-state index contributed by atoms with van der Waals surface area (Å²) in [6, 6.07) is 5.69. The Kier molecular flexibility index (Phi) is 4.28. The van der Waals surface area contributed by atoms with Crippen molar-refractivity contribution in [3.8, 4) is 22.1 Å². The van der Waals surface area contributed by atoms with Crippen LogP contribution in [0.3, 0.4) is 0 Å². The molecule has 8 heteroatoms. The summed E-state index contributed by atoms with van der Waals surface area (Å²) >= 11 is 1.30. The molecule has 4 rings (SSSR count). The first-order valence-electron chi connectivity index (χ1n) is 8.42. The third-order valence-corrected chi connectivity index (χ3v) is 5.51. The lowest BCUT2D eigenvalue weighted by molar-refractivity contribution is -0.141. The fraction of sp³-hybridized carbons (Fsp3) is 0.389. The standard InChI is InChI=1S/C18H18N2O5S/c1-10(18(22)23)8-20(12-3-4-12)17(21)15-7-19-16(26-15)11-2-5-13-14(6-11)25-9-24-13/h2,5-7,10,12H,3-4,8-9H2,1H3,(H,22,23). The van der Waals surface area contributed by atoms with Crippen molar-refractivity contribution in [3.63, 3.8) is 0 Å².